The lowest BCUT2D eigenvalue weighted by atomic mass is 10.1. The van der Waals surface area contributed by atoms with E-state index in [1.807, 2.05) is 45.0 Å². The number of hydrogen-bond donors (Lipinski definition) is 1. The summed E-state index contributed by atoms with van der Waals surface area (Å²) >= 11 is 0. The second kappa shape index (κ2) is 6.91. The minimum atomic E-state index is -0.500. The summed E-state index contributed by atoms with van der Waals surface area (Å²) in [5.41, 5.74) is 0.314. The molecule has 5 heteroatoms. The summed E-state index contributed by atoms with van der Waals surface area (Å²) in [6.45, 7) is 5.97. The van der Waals surface area contributed by atoms with E-state index in [1.165, 1.54) is 0 Å². The Morgan fingerprint density at radius 1 is 1.30 bits per heavy atom. The topological polar surface area (TPSA) is 71.3 Å². The maximum atomic E-state index is 11.9. The first-order valence-electron chi connectivity index (χ1n) is 7.92. The highest BCUT2D eigenvalue weighted by atomic mass is 16.6. The molecule has 0 aliphatic heterocycles. The predicted molar refractivity (Wildman–Crippen MR) is 87.2 cm³/mol. The second-order valence-corrected chi connectivity index (χ2v) is 7.00. The molecule has 0 spiro atoms. The van der Waals surface area contributed by atoms with E-state index in [9.17, 15) is 4.79 Å². The van der Waals surface area contributed by atoms with Gasteiger partial charge in [-0.15, -0.1) is 0 Å². The number of benzene rings is 1. The van der Waals surface area contributed by atoms with Crippen LogP contribution in [0.4, 0.5) is 4.79 Å². The van der Waals surface area contributed by atoms with Crippen LogP contribution in [0.15, 0.2) is 24.3 Å². The standard InChI is InChI=1S/C18H24N2O3/c1-17(2,3)23-16(21)20-18(10-11-18)13-22-15-8-6-14(7-9-15)5-4-12-19/h6-9H,4-5,10-11,13H2,1-3H3,(H,20,21). The van der Waals surface area contributed by atoms with E-state index in [0.717, 1.165) is 30.6 Å². The summed E-state index contributed by atoms with van der Waals surface area (Å²) in [6, 6.07) is 9.86. The van der Waals surface area contributed by atoms with Gasteiger partial charge in [-0.05, 0) is 57.7 Å². The molecule has 1 aliphatic carbocycles. The normalized spacial score (nSPS) is 15.4. The molecule has 0 bridgehead atoms. The van der Waals surface area contributed by atoms with Gasteiger partial charge in [0.2, 0.25) is 0 Å². The van der Waals surface area contributed by atoms with Gasteiger partial charge in [0, 0.05) is 6.42 Å². The van der Waals surface area contributed by atoms with Crippen molar-refractivity contribution in [3.8, 4) is 11.8 Å². The number of amides is 1. The van der Waals surface area contributed by atoms with Crippen LogP contribution in [0.25, 0.3) is 0 Å². The van der Waals surface area contributed by atoms with Crippen LogP contribution in [0.1, 0.15) is 45.6 Å². The molecule has 2 rings (SSSR count). The molecule has 0 unspecified atom stereocenters. The van der Waals surface area contributed by atoms with Crippen molar-refractivity contribution in [3.63, 3.8) is 0 Å². The third kappa shape index (κ3) is 5.82. The van der Waals surface area contributed by atoms with Crippen LogP contribution >= 0.6 is 0 Å². The summed E-state index contributed by atoms with van der Waals surface area (Å²) in [5.74, 6) is 0.767. The summed E-state index contributed by atoms with van der Waals surface area (Å²) in [4.78, 5) is 11.9. The third-order valence-corrected chi connectivity index (χ3v) is 3.58. The molecule has 1 aliphatic rings. The molecule has 5 nitrogen and oxygen atoms in total. The third-order valence-electron chi connectivity index (χ3n) is 3.58. The molecule has 0 aromatic heterocycles. The average molecular weight is 316 g/mol. The fraction of sp³-hybridized carbons (Fsp3) is 0.556. The molecule has 1 aromatic rings. The molecule has 1 amide bonds. The van der Waals surface area contributed by atoms with Crippen LogP contribution in [0, 0.1) is 11.3 Å². The van der Waals surface area contributed by atoms with Crippen molar-refractivity contribution >= 4 is 6.09 Å². The molecule has 23 heavy (non-hydrogen) atoms. The number of rotatable bonds is 6. The summed E-state index contributed by atoms with van der Waals surface area (Å²) in [6.07, 6.45) is 2.66. The van der Waals surface area contributed by atoms with E-state index >= 15 is 0 Å². The van der Waals surface area contributed by atoms with E-state index in [0.29, 0.717) is 13.0 Å². The first-order valence-corrected chi connectivity index (χ1v) is 7.92. The van der Waals surface area contributed by atoms with Gasteiger partial charge in [0.1, 0.15) is 18.0 Å². The Morgan fingerprint density at radius 3 is 2.48 bits per heavy atom. The van der Waals surface area contributed by atoms with E-state index in [1.54, 1.807) is 0 Å². The number of nitriles is 1. The Labute approximate surface area is 137 Å². The lowest BCUT2D eigenvalue weighted by Gasteiger charge is -2.23. The first kappa shape index (κ1) is 17.1. The van der Waals surface area contributed by atoms with Crippen LogP contribution in [-0.4, -0.2) is 23.8 Å². The Morgan fingerprint density at radius 2 is 1.96 bits per heavy atom. The lowest BCUT2D eigenvalue weighted by molar-refractivity contribution is 0.0477. The second-order valence-electron chi connectivity index (χ2n) is 7.00. The quantitative estimate of drug-likeness (QED) is 0.870. The summed E-state index contributed by atoms with van der Waals surface area (Å²) in [5, 5.41) is 11.5. The van der Waals surface area contributed by atoms with Gasteiger partial charge in [0.15, 0.2) is 0 Å². The molecular formula is C18H24N2O3. The van der Waals surface area contributed by atoms with Crippen LogP contribution < -0.4 is 10.1 Å². The number of carbonyl (C=O) groups is 1. The van der Waals surface area contributed by atoms with Gasteiger partial charge < -0.3 is 14.8 Å². The Kier molecular flexibility index (Phi) is 5.15. The lowest BCUT2D eigenvalue weighted by Crippen LogP contribution is -2.44. The number of hydrogen-bond acceptors (Lipinski definition) is 4. The van der Waals surface area contributed by atoms with Crippen molar-refractivity contribution in [1.29, 1.82) is 5.26 Å². The minimum absolute atomic E-state index is 0.304. The highest BCUT2D eigenvalue weighted by Crippen LogP contribution is 2.36. The van der Waals surface area contributed by atoms with Gasteiger partial charge in [-0.1, -0.05) is 12.1 Å². The van der Waals surface area contributed by atoms with Crippen molar-refractivity contribution in [3.05, 3.63) is 29.8 Å². The molecule has 0 saturated heterocycles. The molecule has 1 saturated carbocycles. The number of aryl methyl sites for hydroxylation is 1. The fourth-order valence-electron chi connectivity index (χ4n) is 2.15. The van der Waals surface area contributed by atoms with Crippen LogP contribution in [-0.2, 0) is 11.2 Å². The maximum Gasteiger partial charge on any atom is 0.408 e. The van der Waals surface area contributed by atoms with Gasteiger partial charge >= 0.3 is 6.09 Å². The van der Waals surface area contributed by atoms with Gasteiger partial charge in [-0.2, -0.15) is 5.26 Å². The summed E-state index contributed by atoms with van der Waals surface area (Å²) < 4.78 is 11.1. The average Bonchev–Trinajstić information content (AvgIpc) is 3.22. The van der Waals surface area contributed by atoms with Gasteiger partial charge in [-0.25, -0.2) is 4.79 Å². The SMILES string of the molecule is CC(C)(C)OC(=O)NC1(COc2ccc(CCC#N)cc2)CC1. The molecule has 0 atom stereocenters. The molecule has 1 fully saturated rings. The Bertz CT molecular complexity index is 578. The number of ether oxygens (including phenoxy) is 2. The smallest absolute Gasteiger partial charge is 0.408 e. The van der Waals surface area contributed by atoms with Crippen molar-refractivity contribution in [2.45, 2.75) is 57.6 Å². The van der Waals surface area contributed by atoms with Crippen LogP contribution in [0.2, 0.25) is 0 Å². The van der Waals surface area contributed by atoms with Crippen LogP contribution in [0.5, 0.6) is 5.75 Å². The highest BCUT2D eigenvalue weighted by molar-refractivity contribution is 5.69. The van der Waals surface area contributed by atoms with Gasteiger partial charge in [0.25, 0.3) is 0 Å². The monoisotopic (exact) mass is 316 g/mol. The molecule has 124 valence electrons. The van der Waals surface area contributed by atoms with Crippen molar-refractivity contribution in [2.24, 2.45) is 0 Å². The van der Waals surface area contributed by atoms with E-state index < -0.39 is 11.7 Å². The van der Waals surface area contributed by atoms with Gasteiger partial charge in [0.05, 0.1) is 11.6 Å². The molecular weight excluding hydrogens is 292 g/mol. The zero-order chi connectivity index (χ0) is 16.9. The van der Waals surface area contributed by atoms with Crippen molar-refractivity contribution in [1.82, 2.24) is 5.32 Å². The molecule has 1 N–H and O–H groups in total. The van der Waals surface area contributed by atoms with Gasteiger partial charge in [-0.3, -0.25) is 0 Å². The van der Waals surface area contributed by atoms with E-state index in [2.05, 4.69) is 11.4 Å². The number of nitrogens with one attached hydrogen (secondary N) is 1. The summed E-state index contributed by atoms with van der Waals surface area (Å²) in [7, 11) is 0. The molecule has 1 aromatic carbocycles. The van der Waals surface area contributed by atoms with Crippen molar-refractivity contribution < 1.29 is 14.3 Å². The minimum Gasteiger partial charge on any atom is -0.491 e. The van der Waals surface area contributed by atoms with E-state index in [-0.39, 0.29) is 5.54 Å². The number of alkyl carbamates (subject to hydrolysis) is 1. The molecule has 0 heterocycles. The zero-order valence-electron chi connectivity index (χ0n) is 14.0. The maximum absolute atomic E-state index is 11.9. The Hall–Kier alpha value is -2.22. The zero-order valence-corrected chi connectivity index (χ0v) is 14.0. The molecule has 0 radical (unpaired) electrons. The van der Waals surface area contributed by atoms with Crippen LogP contribution in [0.3, 0.4) is 0 Å². The highest BCUT2D eigenvalue weighted by Gasteiger charge is 2.46. The Balaban J connectivity index is 1.81. The van der Waals surface area contributed by atoms with Crippen molar-refractivity contribution in [2.75, 3.05) is 6.61 Å². The largest absolute Gasteiger partial charge is 0.491 e. The van der Waals surface area contributed by atoms with E-state index in [4.69, 9.17) is 14.7 Å². The number of carbonyl (C=O) groups excluding carboxylic acids is 1. The predicted octanol–water partition coefficient (Wildman–Crippen LogP) is 3.58. The first-order chi connectivity index (χ1) is 10.8. The fourth-order valence-corrected chi connectivity index (χ4v) is 2.15. The number of nitrogens with zero attached hydrogens (tertiary/aromatic N) is 1.